The second-order valence-electron chi connectivity index (χ2n) is 4.18. The van der Waals surface area contributed by atoms with Gasteiger partial charge in [0, 0.05) is 12.6 Å². The molecule has 0 spiro atoms. The molecule has 13 heavy (non-hydrogen) atoms. The number of carbonyl (C=O) groups excluding carboxylic acids is 1. The van der Waals surface area contributed by atoms with Crippen molar-refractivity contribution in [1.82, 2.24) is 5.32 Å². The van der Waals surface area contributed by atoms with Crippen LogP contribution in [0.5, 0.6) is 0 Å². The summed E-state index contributed by atoms with van der Waals surface area (Å²) in [5, 5.41) is 2.67. The van der Waals surface area contributed by atoms with E-state index in [1.165, 1.54) is 0 Å². The molecular weight excluding hydrogens is 168 g/mol. The fourth-order valence-electron chi connectivity index (χ4n) is 0.608. The highest BCUT2D eigenvalue weighted by atomic mass is 16.5. The molecule has 0 aliphatic heterocycles. The monoisotopic (exact) mass is 188 g/mol. The van der Waals surface area contributed by atoms with Gasteiger partial charge in [-0.2, -0.15) is 0 Å². The van der Waals surface area contributed by atoms with Crippen molar-refractivity contribution in [3.05, 3.63) is 0 Å². The molecular formula is C9H20N2O2. The Hall–Kier alpha value is -0.610. The smallest absolute Gasteiger partial charge is 0.246 e. The normalized spacial score (nSPS) is 13.9. The largest absolute Gasteiger partial charge is 0.366 e. The summed E-state index contributed by atoms with van der Waals surface area (Å²) in [6.45, 7) is 8.15. The van der Waals surface area contributed by atoms with Crippen LogP contribution in [0.2, 0.25) is 0 Å². The molecule has 0 saturated carbocycles. The third-order valence-corrected chi connectivity index (χ3v) is 1.26. The van der Waals surface area contributed by atoms with Gasteiger partial charge in [-0.05, 0) is 27.7 Å². The number of nitrogens with two attached hydrogens (primary N) is 1. The quantitative estimate of drug-likeness (QED) is 0.665. The summed E-state index contributed by atoms with van der Waals surface area (Å²) < 4.78 is 5.27. The summed E-state index contributed by atoms with van der Waals surface area (Å²) in [7, 11) is 0. The Labute approximate surface area is 79.8 Å². The lowest BCUT2D eigenvalue weighted by molar-refractivity contribution is -0.130. The number of hydrogen-bond donors (Lipinski definition) is 2. The van der Waals surface area contributed by atoms with Crippen molar-refractivity contribution in [3.8, 4) is 0 Å². The molecule has 0 aromatic carbocycles. The summed E-state index contributed by atoms with van der Waals surface area (Å²) >= 11 is 0. The van der Waals surface area contributed by atoms with E-state index in [0.29, 0.717) is 6.54 Å². The Morgan fingerprint density at radius 2 is 2.08 bits per heavy atom. The van der Waals surface area contributed by atoms with Crippen molar-refractivity contribution < 1.29 is 9.53 Å². The second kappa shape index (κ2) is 5.19. The van der Waals surface area contributed by atoms with E-state index in [4.69, 9.17) is 10.5 Å². The fourth-order valence-corrected chi connectivity index (χ4v) is 0.608. The molecule has 0 fully saturated rings. The van der Waals surface area contributed by atoms with Gasteiger partial charge >= 0.3 is 0 Å². The highest BCUT2D eigenvalue weighted by molar-refractivity contribution is 5.77. The van der Waals surface area contributed by atoms with Crippen molar-refractivity contribution in [1.29, 1.82) is 0 Å². The first kappa shape index (κ1) is 12.4. The number of ether oxygens (including phenoxy) is 1. The van der Waals surface area contributed by atoms with E-state index < -0.39 is 0 Å². The van der Waals surface area contributed by atoms with E-state index in [0.717, 1.165) is 0 Å². The summed E-state index contributed by atoms with van der Waals surface area (Å²) in [4.78, 5) is 11.1. The first-order valence-corrected chi connectivity index (χ1v) is 4.47. The van der Waals surface area contributed by atoms with Crippen molar-refractivity contribution in [2.45, 2.75) is 39.3 Å². The molecule has 0 aliphatic carbocycles. The Kier molecular flexibility index (Phi) is 4.95. The highest BCUT2D eigenvalue weighted by Crippen LogP contribution is 2.05. The van der Waals surface area contributed by atoms with Crippen LogP contribution in [0.15, 0.2) is 0 Å². The topological polar surface area (TPSA) is 64.3 Å². The molecule has 0 aromatic heterocycles. The third-order valence-electron chi connectivity index (χ3n) is 1.26. The van der Waals surface area contributed by atoms with E-state index in [2.05, 4.69) is 5.32 Å². The van der Waals surface area contributed by atoms with Gasteiger partial charge < -0.3 is 15.8 Å². The lowest BCUT2D eigenvalue weighted by Crippen LogP contribution is -2.38. The van der Waals surface area contributed by atoms with Gasteiger partial charge in [-0.3, -0.25) is 4.79 Å². The number of hydrogen-bond acceptors (Lipinski definition) is 3. The van der Waals surface area contributed by atoms with Crippen LogP contribution in [0.4, 0.5) is 0 Å². The van der Waals surface area contributed by atoms with Gasteiger partial charge in [0.2, 0.25) is 5.91 Å². The van der Waals surface area contributed by atoms with Crippen LogP contribution in [0.1, 0.15) is 27.7 Å². The summed E-state index contributed by atoms with van der Waals surface area (Å²) in [5.74, 6) is -0.118. The van der Waals surface area contributed by atoms with E-state index in [9.17, 15) is 4.79 Å². The SMILES string of the molecule is CC(N)CNC(=O)COC(C)(C)C. The van der Waals surface area contributed by atoms with E-state index in [1.54, 1.807) is 0 Å². The Bertz CT molecular complexity index is 161. The highest BCUT2D eigenvalue weighted by Gasteiger charge is 2.12. The molecule has 1 unspecified atom stereocenters. The van der Waals surface area contributed by atoms with Gasteiger partial charge in [0.05, 0.1) is 5.60 Å². The van der Waals surface area contributed by atoms with Crippen molar-refractivity contribution in [2.24, 2.45) is 5.73 Å². The van der Waals surface area contributed by atoms with Crippen molar-refractivity contribution in [3.63, 3.8) is 0 Å². The molecule has 4 nitrogen and oxygen atoms in total. The molecule has 78 valence electrons. The molecule has 0 aromatic rings. The van der Waals surface area contributed by atoms with Crippen LogP contribution in [-0.2, 0) is 9.53 Å². The molecule has 0 rings (SSSR count). The maximum atomic E-state index is 11.1. The van der Waals surface area contributed by atoms with Gasteiger partial charge in [0.25, 0.3) is 0 Å². The summed E-state index contributed by atoms with van der Waals surface area (Å²) in [6, 6.07) is -0.0152. The molecule has 0 heterocycles. The molecule has 0 bridgehead atoms. The fraction of sp³-hybridized carbons (Fsp3) is 0.889. The third kappa shape index (κ3) is 9.30. The zero-order valence-electron chi connectivity index (χ0n) is 8.89. The summed E-state index contributed by atoms with van der Waals surface area (Å²) in [5.41, 5.74) is 5.19. The van der Waals surface area contributed by atoms with Crippen LogP contribution < -0.4 is 11.1 Å². The predicted octanol–water partition coefficient (Wildman–Crippen LogP) is 0.265. The predicted molar refractivity (Wildman–Crippen MR) is 52.4 cm³/mol. The molecule has 0 radical (unpaired) electrons. The maximum Gasteiger partial charge on any atom is 0.246 e. The zero-order valence-corrected chi connectivity index (χ0v) is 8.89. The van der Waals surface area contributed by atoms with Crippen molar-refractivity contribution in [2.75, 3.05) is 13.2 Å². The molecule has 4 heteroatoms. The van der Waals surface area contributed by atoms with Gasteiger partial charge in [-0.25, -0.2) is 0 Å². The first-order valence-electron chi connectivity index (χ1n) is 4.47. The lowest BCUT2D eigenvalue weighted by atomic mass is 10.2. The van der Waals surface area contributed by atoms with Gasteiger partial charge in [-0.15, -0.1) is 0 Å². The minimum Gasteiger partial charge on any atom is -0.366 e. The van der Waals surface area contributed by atoms with Gasteiger partial charge in [-0.1, -0.05) is 0 Å². The Morgan fingerprint density at radius 1 is 1.54 bits per heavy atom. The van der Waals surface area contributed by atoms with E-state index in [1.807, 2.05) is 27.7 Å². The van der Waals surface area contributed by atoms with Crippen LogP contribution in [0, 0.1) is 0 Å². The molecule has 0 saturated heterocycles. The standard InChI is InChI=1S/C9H20N2O2/c1-7(10)5-11-8(12)6-13-9(2,3)4/h7H,5-6,10H2,1-4H3,(H,11,12). The average molecular weight is 188 g/mol. The molecule has 1 amide bonds. The minimum absolute atomic E-state index is 0.0152. The molecule has 1 atom stereocenters. The Morgan fingerprint density at radius 3 is 2.46 bits per heavy atom. The molecule has 0 aliphatic rings. The maximum absolute atomic E-state index is 11.1. The second-order valence-corrected chi connectivity index (χ2v) is 4.18. The van der Waals surface area contributed by atoms with E-state index in [-0.39, 0.29) is 24.2 Å². The number of nitrogens with one attached hydrogen (secondary N) is 1. The Balaban J connectivity index is 3.53. The lowest BCUT2D eigenvalue weighted by Gasteiger charge is -2.19. The van der Waals surface area contributed by atoms with E-state index >= 15 is 0 Å². The van der Waals surface area contributed by atoms with Crippen LogP contribution in [0.25, 0.3) is 0 Å². The summed E-state index contributed by atoms with van der Waals surface area (Å²) in [6.07, 6.45) is 0. The zero-order chi connectivity index (χ0) is 10.5. The molecule has 3 N–H and O–H groups in total. The van der Waals surface area contributed by atoms with Gasteiger partial charge in [0.15, 0.2) is 0 Å². The van der Waals surface area contributed by atoms with Crippen LogP contribution >= 0.6 is 0 Å². The van der Waals surface area contributed by atoms with Crippen LogP contribution in [0.3, 0.4) is 0 Å². The van der Waals surface area contributed by atoms with Crippen LogP contribution in [-0.4, -0.2) is 30.7 Å². The van der Waals surface area contributed by atoms with Gasteiger partial charge in [0.1, 0.15) is 6.61 Å². The number of amides is 1. The number of carbonyl (C=O) groups is 1. The first-order chi connectivity index (χ1) is 5.81. The van der Waals surface area contributed by atoms with Crippen molar-refractivity contribution >= 4 is 5.91 Å². The average Bonchev–Trinajstić information content (AvgIpc) is 1.95. The number of rotatable bonds is 4. The minimum atomic E-state index is -0.272.